The molecule has 1 amide bonds. The molecule has 0 fully saturated rings. The van der Waals surface area contributed by atoms with Crippen LogP contribution in [-0.4, -0.2) is 5.91 Å². The van der Waals surface area contributed by atoms with Crippen LogP contribution in [0.25, 0.3) is 6.08 Å². The molecule has 0 radical (unpaired) electrons. The molecule has 0 aliphatic carbocycles. The van der Waals surface area contributed by atoms with Crippen LogP contribution >= 0.6 is 22.9 Å². The van der Waals surface area contributed by atoms with Crippen LogP contribution in [-0.2, 0) is 17.4 Å². The Morgan fingerprint density at radius 1 is 1.36 bits per heavy atom. The Balaban J connectivity index is 2.27. The second-order valence-electron chi connectivity index (χ2n) is 4.97. The van der Waals surface area contributed by atoms with Gasteiger partial charge in [-0.2, -0.15) is 18.4 Å². The summed E-state index contributed by atoms with van der Waals surface area (Å²) in [5.41, 5.74) is -1.37. The number of carbonyl (C=O) groups is 1. The van der Waals surface area contributed by atoms with Crippen LogP contribution in [0.4, 0.5) is 18.9 Å². The first-order chi connectivity index (χ1) is 11.7. The Hall–Kier alpha value is -2.30. The van der Waals surface area contributed by atoms with E-state index in [0.717, 1.165) is 29.5 Å². The van der Waals surface area contributed by atoms with Crippen LogP contribution in [0.2, 0.25) is 5.02 Å². The van der Waals surface area contributed by atoms with Gasteiger partial charge in [0.25, 0.3) is 5.91 Å². The number of carbonyl (C=O) groups excluding carboxylic acids is 1. The Morgan fingerprint density at radius 2 is 2.08 bits per heavy atom. The topological polar surface area (TPSA) is 52.9 Å². The highest BCUT2D eigenvalue weighted by molar-refractivity contribution is 7.12. The molecule has 1 aromatic carbocycles. The summed E-state index contributed by atoms with van der Waals surface area (Å²) in [4.78, 5) is 14.0. The minimum absolute atomic E-state index is 0.0527. The lowest BCUT2D eigenvalue weighted by Gasteiger charge is -2.11. The van der Waals surface area contributed by atoms with E-state index in [1.165, 1.54) is 17.4 Å². The van der Waals surface area contributed by atoms with E-state index in [1.54, 1.807) is 12.1 Å². The zero-order valence-corrected chi connectivity index (χ0v) is 14.5. The fourth-order valence-corrected chi connectivity index (χ4v) is 3.00. The van der Waals surface area contributed by atoms with Crippen LogP contribution in [0.15, 0.2) is 35.9 Å². The zero-order valence-electron chi connectivity index (χ0n) is 12.9. The quantitative estimate of drug-likeness (QED) is 0.556. The average Bonchev–Trinajstić information content (AvgIpc) is 3.01. The Bertz CT molecular complexity index is 866. The molecule has 3 nitrogen and oxygen atoms in total. The van der Waals surface area contributed by atoms with E-state index in [9.17, 15) is 18.0 Å². The third kappa shape index (κ3) is 4.84. The number of hydrogen-bond acceptors (Lipinski definition) is 3. The molecule has 2 aromatic rings. The van der Waals surface area contributed by atoms with E-state index in [-0.39, 0.29) is 16.3 Å². The molecule has 0 aliphatic rings. The second kappa shape index (κ2) is 7.72. The minimum Gasteiger partial charge on any atom is -0.320 e. The van der Waals surface area contributed by atoms with E-state index in [2.05, 4.69) is 5.32 Å². The van der Waals surface area contributed by atoms with Crippen molar-refractivity contribution in [3.8, 4) is 6.07 Å². The number of alkyl halides is 3. The molecule has 0 saturated carbocycles. The first-order valence-corrected chi connectivity index (χ1v) is 8.32. The summed E-state index contributed by atoms with van der Waals surface area (Å²) in [5, 5.41) is 11.4. The predicted octanol–water partition coefficient (Wildman–Crippen LogP) is 5.53. The third-order valence-corrected chi connectivity index (χ3v) is 4.73. The molecule has 0 aliphatic heterocycles. The fraction of sp³-hybridized carbons (Fsp3) is 0.176. The number of amides is 1. The first kappa shape index (κ1) is 19.0. The molecule has 0 unspecified atom stereocenters. The SMILES string of the molecule is CCc1ccc(C=C(C#N)C(=O)Nc2cc(C(F)(F)F)ccc2Cl)s1. The summed E-state index contributed by atoms with van der Waals surface area (Å²) in [6.45, 7) is 1.98. The number of nitrogens with one attached hydrogen (secondary N) is 1. The van der Waals surface area contributed by atoms with Crippen molar-refractivity contribution in [1.29, 1.82) is 5.26 Å². The molecule has 0 saturated heterocycles. The van der Waals surface area contributed by atoms with E-state index in [1.807, 2.05) is 13.0 Å². The van der Waals surface area contributed by atoms with E-state index < -0.39 is 17.6 Å². The van der Waals surface area contributed by atoms with Crippen molar-refractivity contribution in [1.82, 2.24) is 0 Å². The Kier molecular flexibility index (Phi) is 5.88. The van der Waals surface area contributed by atoms with Gasteiger partial charge in [0.05, 0.1) is 16.3 Å². The molecule has 0 spiro atoms. The molecule has 0 atom stereocenters. The Labute approximate surface area is 151 Å². The van der Waals surface area contributed by atoms with Gasteiger partial charge in [-0.25, -0.2) is 0 Å². The van der Waals surface area contributed by atoms with Crippen LogP contribution in [0.5, 0.6) is 0 Å². The van der Waals surface area contributed by atoms with Gasteiger partial charge in [-0.15, -0.1) is 11.3 Å². The average molecular weight is 385 g/mol. The fourth-order valence-electron chi connectivity index (χ4n) is 1.94. The molecule has 0 bridgehead atoms. The summed E-state index contributed by atoms with van der Waals surface area (Å²) in [5.74, 6) is -0.824. The molecule has 1 aromatic heterocycles. The molecule has 25 heavy (non-hydrogen) atoms. The maximum Gasteiger partial charge on any atom is 0.416 e. The van der Waals surface area contributed by atoms with Gasteiger partial charge >= 0.3 is 6.18 Å². The van der Waals surface area contributed by atoms with Gasteiger partial charge in [0.15, 0.2) is 0 Å². The van der Waals surface area contributed by atoms with Crippen molar-refractivity contribution in [2.45, 2.75) is 19.5 Å². The van der Waals surface area contributed by atoms with Crippen molar-refractivity contribution in [2.24, 2.45) is 0 Å². The van der Waals surface area contributed by atoms with Crippen molar-refractivity contribution < 1.29 is 18.0 Å². The van der Waals surface area contributed by atoms with Crippen LogP contribution < -0.4 is 5.32 Å². The number of thiophene rings is 1. The normalized spacial score (nSPS) is 11.9. The van der Waals surface area contributed by atoms with Crippen molar-refractivity contribution in [2.75, 3.05) is 5.32 Å². The lowest BCUT2D eigenvalue weighted by molar-refractivity contribution is -0.137. The molecule has 2 rings (SSSR count). The van der Waals surface area contributed by atoms with Gasteiger partial charge in [-0.05, 0) is 42.8 Å². The molecule has 1 heterocycles. The number of nitriles is 1. The van der Waals surface area contributed by atoms with Crippen LogP contribution in [0.1, 0.15) is 22.2 Å². The number of halogens is 4. The van der Waals surface area contributed by atoms with Gasteiger partial charge in [-0.1, -0.05) is 18.5 Å². The summed E-state index contributed by atoms with van der Waals surface area (Å²) in [6, 6.07) is 8.00. The van der Waals surface area contributed by atoms with Crippen molar-refractivity contribution in [3.05, 3.63) is 56.2 Å². The zero-order chi connectivity index (χ0) is 18.6. The first-order valence-electron chi connectivity index (χ1n) is 7.13. The number of rotatable bonds is 4. The van der Waals surface area contributed by atoms with Gasteiger partial charge < -0.3 is 5.32 Å². The largest absolute Gasteiger partial charge is 0.416 e. The van der Waals surface area contributed by atoms with E-state index in [4.69, 9.17) is 16.9 Å². The van der Waals surface area contributed by atoms with Crippen LogP contribution in [0.3, 0.4) is 0 Å². The monoisotopic (exact) mass is 384 g/mol. The van der Waals surface area contributed by atoms with E-state index in [0.29, 0.717) is 4.88 Å². The van der Waals surface area contributed by atoms with Gasteiger partial charge in [-0.3, -0.25) is 4.79 Å². The molecular weight excluding hydrogens is 373 g/mol. The highest BCUT2D eigenvalue weighted by Crippen LogP contribution is 2.34. The molecule has 1 N–H and O–H groups in total. The van der Waals surface area contributed by atoms with Gasteiger partial charge in [0, 0.05) is 9.75 Å². The second-order valence-corrected chi connectivity index (χ2v) is 6.58. The number of hydrogen-bond donors (Lipinski definition) is 1. The van der Waals surface area contributed by atoms with Gasteiger partial charge in [0.1, 0.15) is 11.6 Å². The highest BCUT2D eigenvalue weighted by atomic mass is 35.5. The maximum atomic E-state index is 12.8. The molecule has 130 valence electrons. The summed E-state index contributed by atoms with van der Waals surface area (Å²) < 4.78 is 38.3. The Morgan fingerprint density at radius 3 is 2.64 bits per heavy atom. The number of benzene rings is 1. The lowest BCUT2D eigenvalue weighted by atomic mass is 10.1. The van der Waals surface area contributed by atoms with Crippen LogP contribution in [0, 0.1) is 11.3 Å². The standard InChI is InChI=1S/C17H12ClF3N2OS/c1-2-12-4-5-13(25-12)7-10(9-22)16(24)23-15-8-11(17(19,20)21)3-6-14(15)18/h3-8H,2H2,1H3,(H,23,24). The summed E-state index contributed by atoms with van der Waals surface area (Å²) in [7, 11) is 0. The van der Waals surface area contributed by atoms with Crippen molar-refractivity contribution >= 4 is 40.6 Å². The third-order valence-electron chi connectivity index (χ3n) is 3.22. The maximum absolute atomic E-state index is 12.8. The van der Waals surface area contributed by atoms with Gasteiger partial charge in [0.2, 0.25) is 0 Å². The highest BCUT2D eigenvalue weighted by Gasteiger charge is 2.31. The summed E-state index contributed by atoms with van der Waals surface area (Å²) >= 11 is 7.27. The molecular formula is C17H12ClF3N2OS. The number of anilines is 1. The smallest absolute Gasteiger partial charge is 0.320 e. The van der Waals surface area contributed by atoms with E-state index >= 15 is 0 Å². The predicted molar refractivity (Wildman–Crippen MR) is 92.4 cm³/mol. The van der Waals surface area contributed by atoms with Crippen molar-refractivity contribution in [3.63, 3.8) is 0 Å². The summed E-state index contributed by atoms with van der Waals surface area (Å²) in [6.07, 6.45) is -2.35. The number of aryl methyl sites for hydroxylation is 1. The number of nitrogens with zero attached hydrogens (tertiary/aromatic N) is 1. The molecule has 8 heteroatoms. The lowest BCUT2D eigenvalue weighted by Crippen LogP contribution is -2.15. The minimum atomic E-state index is -4.56.